The molecule has 7 nitrogen and oxygen atoms in total. The van der Waals surface area contributed by atoms with Gasteiger partial charge in [0.1, 0.15) is 6.04 Å². The van der Waals surface area contributed by atoms with Gasteiger partial charge in [0.2, 0.25) is 11.8 Å². The molecule has 2 saturated heterocycles. The Balaban J connectivity index is 1.43. The van der Waals surface area contributed by atoms with Crippen LogP contribution in [0, 0.1) is 0 Å². The first-order valence-corrected chi connectivity index (χ1v) is 9.24. The van der Waals surface area contributed by atoms with Crippen LogP contribution < -0.4 is 16.0 Å². The van der Waals surface area contributed by atoms with Crippen molar-refractivity contribution in [1.29, 1.82) is 0 Å². The van der Waals surface area contributed by atoms with Crippen molar-refractivity contribution in [2.24, 2.45) is 0 Å². The lowest BCUT2D eigenvalue weighted by Crippen LogP contribution is -2.52. The van der Waals surface area contributed by atoms with Crippen LogP contribution >= 0.6 is 0 Å². The highest BCUT2D eigenvalue weighted by Crippen LogP contribution is 2.28. The first kappa shape index (κ1) is 17.2. The normalized spacial score (nSPS) is 28.4. The lowest BCUT2D eigenvalue weighted by Gasteiger charge is -2.29. The van der Waals surface area contributed by atoms with Gasteiger partial charge in [-0.25, -0.2) is 0 Å². The molecule has 0 aliphatic carbocycles. The molecule has 0 aromatic heterocycles. The summed E-state index contributed by atoms with van der Waals surface area (Å²) < 4.78 is 0. The van der Waals surface area contributed by atoms with Gasteiger partial charge in [-0.1, -0.05) is 12.1 Å². The summed E-state index contributed by atoms with van der Waals surface area (Å²) in [5.74, 6) is -0.755. The van der Waals surface area contributed by atoms with Gasteiger partial charge in [-0.3, -0.25) is 19.7 Å². The van der Waals surface area contributed by atoms with Crippen LogP contribution in [-0.2, 0) is 22.7 Å². The molecule has 0 saturated carbocycles. The van der Waals surface area contributed by atoms with Gasteiger partial charge in [-0.2, -0.15) is 0 Å². The highest BCUT2D eigenvalue weighted by atomic mass is 16.2. The number of imide groups is 1. The van der Waals surface area contributed by atoms with E-state index in [9.17, 15) is 14.4 Å². The summed E-state index contributed by atoms with van der Waals surface area (Å²) >= 11 is 0. The highest BCUT2D eigenvalue weighted by molar-refractivity contribution is 6.05. The number of carbonyl (C=O) groups excluding carboxylic acids is 3. The van der Waals surface area contributed by atoms with Crippen molar-refractivity contribution in [3.63, 3.8) is 0 Å². The Morgan fingerprint density at radius 1 is 1.27 bits per heavy atom. The van der Waals surface area contributed by atoms with E-state index in [2.05, 4.69) is 28.9 Å². The molecule has 3 heterocycles. The minimum absolute atomic E-state index is 0.122. The fourth-order valence-corrected chi connectivity index (χ4v) is 4.09. The van der Waals surface area contributed by atoms with E-state index in [-0.39, 0.29) is 24.1 Å². The molecule has 3 unspecified atom stereocenters. The van der Waals surface area contributed by atoms with Gasteiger partial charge in [-0.05, 0) is 37.0 Å². The van der Waals surface area contributed by atoms with Gasteiger partial charge in [0, 0.05) is 43.7 Å². The Morgan fingerprint density at radius 3 is 2.85 bits per heavy atom. The van der Waals surface area contributed by atoms with E-state index in [1.807, 2.05) is 12.1 Å². The van der Waals surface area contributed by atoms with E-state index >= 15 is 0 Å². The molecule has 3 aliphatic rings. The van der Waals surface area contributed by atoms with Crippen LogP contribution in [0.1, 0.15) is 47.7 Å². The zero-order valence-electron chi connectivity index (χ0n) is 14.9. The molecule has 1 aromatic rings. The van der Waals surface area contributed by atoms with E-state index in [4.69, 9.17) is 0 Å². The third-order valence-electron chi connectivity index (χ3n) is 5.53. The average molecular weight is 356 g/mol. The summed E-state index contributed by atoms with van der Waals surface area (Å²) in [6, 6.07) is 6.35. The molecule has 0 bridgehead atoms. The summed E-state index contributed by atoms with van der Waals surface area (Å²) in [5.41, 5.74) is 2.76. The molecule has 26 heavy (non-hydrogen) atoms. The van der Waals surface area contributed by atoms with E-state index < -0.39 is 6.04 Å². The fraction of sp³-hybridized carbons (Fsp3) is 0.526. The van der Waals surface area contributed by atoms with Gasteiger partial charge < -0.3 is 15.5 Å². The van der Waals surface area contributed by atoms with Gasteiger partial charge in [0.15, 0.2) is 0 Å². The Morgan fingerprint density at radius 2 is 2.12 bits per heavy atom. The molecule has 2 fully saturated rings. The number of hydrogen-bond donors (Lipinski definition) is 3. The predicted molar refractivity (Wildman–Crippen MR) is 95.2 cm³/mol. The second-order valence-corrected chi connectivity index (χ2v) is 7.51. The molecule has 138 valence electrons. The van der Waals surface area contributed by atoms with Crippen LogP contribution in [0.2, 0.25) is 0 Å². The van der Waals surface area contributed by atoms with E-state index in [0.717, 1.165) is 30.6 Å². The molecular weight excluding hydrogens is 332 g/mol. The number of nitrogens with one attached hydrogen (secondary N) is 3. The zero-order chi connectivity index (χ0) is 18.3. The maximum absolute atomic E-state index is 12.7. The summed E-state index contributed by atoms with van der Waals surface area (Å²) in [7, 11) is 0. The number of benzene rings is 1. The van der Waals surface area contributed by atoms with Crippen LogP contribution in [0.3, 0.4) is 0 Å². The maximum Gasteiger partial charge on any atom is 0.255 e. The summed E-state index contributed by atoms with van der Waals surface area (Å²) in [6.07, 6.45) is 1.79. The Bertz CT molecular complexity index is 763. The van der Waals surface area contributed by atoms with Crippen molar-refractivity contribution in [2.75, 3.05) is 6.54 Å². The molecule has 3 amide bonds. The van der Waals surface area contributed by atoms with Crippen LogP contribution in [0.25, 0.3) is 0 Å². The number of amides is 3. The topological polar surface area (TPSA) is 90.5 Å². The Labute approximate surface area is 152 Å². The first-order chi connectivity index (χ1) is 12.5. The quantitative estimate of drug-likeness (QED) is 0.675. The highest BCUT2D eigenvalue weighted by Gasteiger charge is 2.39. The van der Waals surface area contributed by atoms with Crippen molar-refractivity contribution in [1.82, 2.24) is 20.9 Å². The molecule has 3 atom stereocenters. The molecular formula is C19H24N4O3. The first-order valence-electron chi connectivity index (χ1n) is 9.24. The van der Waals surface area contributed by atoms with Crippen molar-refractivity contribution in [3.8, 4) is 0 Å². The maximum atomic E-state index is 12.7. The SMILES string of the molecule is CC1CC(NCc2ccc3c(c2)CN(C2CCC(=O)NC2=O)C3=O)CN1. The Kier molecular flexibility index (Phi) is 4.50. The molecule has 1 aromatic carbocycles. The number of fused-ring (bicyclic) bond motifs is 1. The smallest absolute Gasteiger partial charge is 0.255 e. The number of hydrogen-bond acceptors (Lipinski definition) is 5. The van der Waals surface area contributed by atoms with E-state index in [1.54, 1.807) is 4.90 Å². The van der Waals surface area contributed by atoms with Crippen molar-refractivity contribution < 1.29 is 14.4 Å². The third kappa shape index (κ3) is 3.24. The van der Waals surface area contributed by atoms with Gasteiger partial charge in [-0.15, -0.1) is 0 Å². The van der Waals surface area contributed by atoms with E-state index in [0.29, 0.717) is 30.6 Å². The van der Waals surface area contributed by atoms with Crippen molar-refractivity contribution in [3.05, 3.63) is 34.9 Å². The van der Waals surface area contributed by atoms with Gasteiger partial charge in [0.25, 0.3) is 5.91 Å². The second kappa shape index (κ2) is 6.81. The van der Waals surface area contributed by atoms with Crippen LogP contribution in [-0.4, -0.2) is 47.3 Å². The van der Waals surface area contributed by atoms with Crippen LogP contribution in [0.15, 0.2) is 18.2 Å². The van der Waals surface area contributed by atoms with Gasteiger partial charge >= 0.3 is 0 Å². The summed E-state index contributed by atoms with van der Waals surface area (Å²) in [4.78, 5) is 37.7. The zero-order valence-corrected chi connectivity index (χ0v) is 14.9. The minimum Gasteiger partial charge on any atom is -0.322 e. The molecule has 3 N–H and O–H groups in total. The molecule has 0 spiro atoms. The largest absolute Gasteiger partial charge is 0.322 e. The summed E-state index contributed by atoms with van der Waals surface area (Å²) in [6.45, 7) is 4.36. The number of nitrogens with zero attached hydrogens (tertiary/aromatic N) is 1. The van der Waals surface area contributed by atoms with Crippen LogP contribution in [0.4, 0.5) is 0 Å². The molecule has 7 heteroatoms. The summed E-state index contributed by atoms with van der Waals surface area (Å²) in [5, 5.41) is 9.31. The standard InChI is InChI=1S/C19H24N4O3/c1-11-6-14(9-20-11)21-8-12-2-3-15-13(7-12)10-23(19(15)26)16-4-5-17(24)22-18(16)25/h2-3,7,11,14,16,20-21H,4-6,8-10H2,1H3,(H,22,24,25). The average Bonchev–Trinajstić information content (AvgIpc) is 3.16. The number of carbonyl (C=O) groups is 3. The van der Waals surface area contributed by atoms with Crippen LogP contribution in [0.5, 0.6) is 0 Å². The molecule has 0 radical (unpaired) electrons. The number of rotatable bonds is 4. The lowest BCUT2D eigenvalue weighted by molar-refractivity contribution is -0.136. The molecule has 3 aliphatic heterocycles. The predicted octanol–water partition coefficient (Wildman–Crippen LogP) is 0.288. The van der Waals surface area contributed by atoms with Crippen molar-refractivity contribution in [2.45, 2.75) is 57.4 Å². The second-order valence-electron chi connectivity index (χ2n) is 7.51. The minimum atomic E-state index is -0.555. The van der Waals surface area contributed by atoms with Gasteiger partial charge in [0.05, 0.1) is 0 Å². The fourth-order valence-electron chi connectivity index (χ4n) is 4.09. The van der Waals surface area contributed by atoms with Crippen molar-refractivity contribution >= 4 is 17.7 Å². The molecule has 4 rings (SSSR count). The third-order valence-corrected chi connectivity index (χ3v) is 5.53. The lowest BCUT2D eigenvalue weighted by atomic mass is 10.0. The van der Waals surface area contributed by atoms with E-state index in [1.165, 1.54) is 0 Å². The monoisotopic (exact) mass is 356 g/mol. The number of piperidine rings is 1. The Hall–Kier alpha value is -2.25.